The SMILES string of the molecule is CCCN1C(=O)C(=Cc2cn(-c3ccccc3)nc2-c2cccc(OCc3ccccc3)c2)SC1=S. The fourth-order valence-electron chi connectivity index (χ4n) is 3.96. The topological polar surface area (TPSA) is 47.4 Å². The lowest BCUT2D eigenvalue weighted by atomic mass is 10.1. The smallest absolute Gasteiger partial charge is 0.266 e. The van der Waals surface area contributed by atoms with Crippen LogP contribution in [0.25, 0.3) is 23.0 Å². The summed E-state index contributed by atoms with van der Waals surface area (Å²) in [6, 6.07) is 27.9. The lowest BCUT2D eigenvalue weighted by Gasteiger charge is -2.11. The van der Waals surface area contributed by atoms with Crippen LogP contribution in [0.2, 0.25) is 0 Å². The van der Waals surface area contributed by atoms with Crippen molar-refractivity contribution in [2.75, 3.05) is 6.54 Å². The van der Waals surface area contributed by atoms with E-state index in [0.717, 1.165) is 40.2 Å². The standard InChI is InChI=1S/C29H25N3O2S2/c1-2-16-31-28(33)26(36-29(31)35)18-23-19-32(24-13-7-4-8-14-24)30-27(23)22-12-9-15-25(17-22)34-20-21-10-5-3-6-11-21/h3-15,17-19H,2,16,20H2,1H3. The molecule has 0 aliphatic carbocycles. The summed E-state index contributed by atoms with van der Waals surface area (Å²) in [5, 5.41) is 4.90. The van der Waals surface area contributed by atoms with Gasteiger partial charge in [0.2, 0.25) is 0 Å². The highest BCUT2D eigenvalue weighted by molar-refractivity contribution is 8.26. The molecule has 5 nitrogen and oxygen atoms in total. The number of amides is 1. The Kier molecular flexibility index (Phi) is 7.30. The average Bonchev–Trinajstić information content (AvgIpc) is 3.45. The molecular weight excluding hydrogens is 486 g/mol. The molecule has 1 aliphatic rings. The minimum Gasteiger partial charge on any atom is -0.489 e. The molecule has 7 heteroatoms. The van der Waals surface area contributed by atoms with Crippen LogP contribution in [-0.4, -0.2) is 31.5 Å². The number of nitrogens with zero attached hydrogens (tertiary/aromatic N) is 3. The number of ether oxygens (including phenoxy) is 1. The molecule has 4 aromatic rings. The van der Waals surface area contributed by atoms with Crippen LogP contribution >= 0.6 is 24.0 Å². The molecule has 36 heavy (non-hydrogen) atoms. The summed E-state index contributed by atoms with van der Waals surface area (Å²) in [7, 11) is 0. The maximum atomic E-state index is 13.0. The van der Waals surface area contributed by atoms with Gasteiger partial charge in [-0.05, 0) is 42.3 Å². The molecule has 0 saturated carbocycles. The van der Waals surface area contributed by atoms with Gasteiger partial charge in [0.05, 0.1) is 10.6 Å². The largest absolute Gasteiger partial charge is 0.489 e. The predicted octanol–water partition coefficient (Wildman–Crippen LogP) is 6.73. The summed E-state index contributed by atoms with van der Waals surface area (Å²) in [6.07, 6.45) is 4.70. The Morgan fingerprint density at radius 2 is 1.75 bits per heavy atom. The number of carbonyl (C=O) groups excluding carboxylic acids is 1. The number of aromatic nitrogens is 2. The van der Waals surface area contributed by atoms with E-state index in [9.17, 15) is 4.79 Å². The first kappa shape index (κ1) is 24.0. The van der Waals surface area contributed by atoms with E-state index in [-0.39, 0.29) is 5.91 Å². The molecule has 0 unspecified atom stereocenters. The Balaban J connectivity index is 1.51. The molecule has 1 amide bonds. The Morgan fingerprint density at radius 3 is 2.50 bits per heavy atom. The van der Waals surface area contributed by atoms with Crippen molar-refractivity contribution < 1.29 is 9.53 Å². The summed E-state index contributed by atoms with van der Waals surface area (Å²) in [4.78, 5) is 15.3. The van der Waals surface area contributed by atoms with Crippen molar-refractivity contribution in [1.82, 2.24) is 14.7 Å². The number of para-hydroxylation sites is 1. The first-order valence-corrected chi connectivity index (χ1v) is 13.0. The quantitative estimate of drug-likeness (QED) is 0.194. The molecule has 1 saturated heterocycles. The first-order chi connectivity index (χ1) is 17.6. The normalized spacial score (nSPS) is 14.6. The maximum Gasteiger partial charge on any atom is 0.266 e. The van der Waals surface area contributed by atoms with Crippen LogP contribution in [0.15, 0.2) is 96.0 Å². The number of thioether (sulfide) groups is 1. The third kappa shape index (κ3) is 5.27. The van der Waals surface area contributed by atoms with E-state index in [1.807, 2.05) is 109 Å². The Morgan fingerprint density at radius 1 is 1.00 bits per heavy atom. The monoisotopic (exact) mass is 511 g/mol. The van der Waals surface area contributed by atoms with E-state index in [1.54, 1.807) is 4.90 Å². The summed E-state index contributed by atoms with van der Waals surface area (Å²) >= 11 is 6.80. The van der Waals surface area contributed by atoms with Gasteiger partial charge in [0.25, 0.3) is 5.91 Å². The van der Waals surface area contributed by atoms with Gasteiger partial charge in [-0.25, -0.2) is 4.68 Å². The van der Waals surface area contributed by atoms with Crippen LogP contribution in [0.4, 0.5) is 0 Å². The minimum atomic E-state index is -0.0507. The maximum absolute atomic E-state index is 13.0. The third-order valence-corrected chi connectivity index (χ3v) is 7.10. The molecule has 1 aromatic heterocycles. The predicted molar refractivity (Wildman–Crippen MR) is 150 cm³/mol. The zero-order valence-corrected chi connectivity index (χ0v) is 21.5. The van der Waals surface area contributed by atoms with Gasteiger partial charge in [-0.2, -0.15) is 5.10 Å². The van der Waals surface area contributed by atoms with Gasteiger partial charge < -0.3 is 4.74 Å². The molecule has 3 aromatic carbocycles. The molecule has 5 rings (SSSR count). The van der Waals surface area contributed by atoms with E-state index in [4.69, 9.17) is 22.1 Å². The second-order valence-corrected chi connectivity index (χ2v) is 10.0. The Bertz CT molecular complexity index is 1410. The van der Waals surface area contributed by atoms with Gasteiger partial charge in [-0.15, -0.1) is 0 Å². The lowest BCUT2D eigenvalue weighted by molar-refractivity contribution is -0.122. The van der Waals surface area contributed by atoms with Crippen molar-refractivity contribution >= 4 is 40.3 Å². The number of carbonyl (C=O) groups is 1. The Labute approximate surface area is 220 Å². The first-order valence-electron chi connectivity index (χ1n) is 11.8. The molecule has 0 spiro atoms. The number of hydrogen-bond donors (Lipinski definition) is 0. The molecular formula is C29H25N3O2S2. The molecule has 0 N–H and O–H groups in total. The number of thiocarbonyl (C=S) groups is 1. The summed E-state index contributed by atoms with van der Waals surface area (Å²) in [6.45, 7) is 3.14. The molecule has 0 atom stereocenters. The van der Waals surface area contributed by atoms with E-state index in [2.05, 4.69) is 0 Å². The highest BCUT2D eigenvalue weighted by atomic mass is 32.2. The molecule has 2 heterocycles. The van der Waals surface area contributed by atoms with Crippen molar-refractivity contribution in [1.29, 1.82) is 0 Å². The second kappa shape index (κ2) is 10.9. The molecule has 180 valence electrons. The molecule has 1 fully saturated rings. The fraction of sp³-hybridized carbons (Fsp3) is 0.138. The van der Waals surface area contributed by atoms with E-state index in [1.165, 1.54) is 11.8 Å². The van der Waals surface area contributed by atoms with Crippen LogP contribution in [-0.2, 0) is 11.4 Å². The van der Waals surface area contributed by atoms with Crippen molar-refractivity contribution in [3.05, 3.63) is 107 Å². The van der Waals surface area contributed by atoms with E-state index < -0.39 is 0 Å². The molecule has 0 bridgehead atoms. The van der Waals surface area contributed by atoms with Gasteiger partial charge in [0, 0.05) is 23.9 Å². The van der Waals surface area contributed by atoms with Crippen molar-refractivity contribution in [3.63, 3.8) is 0 Å². The van der Waals surface area contributed by atoms with Gasteiger partial charge in [-0.3, -0.25) is 9.69 Å². The van der Waals surface area contributed by atoms with Gasteiger partial charge in [0.1, 0.15) is 22.4 Å². The summed E-state index contributed by atoms with van der Waals surface area (Å²) < 4.78 is 8.50. The van der Waals surface area contributed by atoms with Crippen LogP contribution < -0.4 is 4.74 Å². The third-order valence-electron chi connectivity index (χ3n) is 5.73. The number of rotatable bonds is 8. The molecule has 1 aliphatic heterocycles. The van der Waals surface area contributed by atoms with Crippen LogP contribution in [0.1, 0.15) is 24.5 Å². The minimum absolute atomic E-state index is 0.0507. The van der Waals surface area contributed by atoms with E-state index in [0.29, 0.717) is 22.4 Å². The van der Waals surface area contributed by atoms with Crippen molar-refractivity contribution in [2.24, 2.45) is 0 Å². The lowest BCUT2D eigenvalue weighted by Crippen LogP contribution is -2.28. The van der Waals surface area contributed by atoms with Crippen molar-refractivity contribution in [2.45, 2.75) is 20.0 Å². The van der Waals surface area contributed by atoms with E-state index >= 15 is 0 Å². The van der Waals surface area contributed by atoms with Gasteiger partial charge in [0.15, 0.2) is 0 Å². The van der Waals surface area contributed by atoms with Gasteiger partial charge >= 0.3 is 0 Å². The van der Waals surface area contributed by atoms with Crippen LogP contribution in [0, 0.1) is 0 Å². The fourth-order valence-corrected chi connectivity index (χ4v) is 5.26. The average molecular weight is 512 g/mol. The summed E-state index contributed by atoms with van der Waals surface area (Å²) in [5.74, 6) is 0.705. The highest BCUT2D eigenvalue weighted by Gasteiger charge is 2.31. The van der Waals surface area contributed by atoms with Crippen molar-refractivity contribution in [3.8, 4) is 22.7 Å². The number of benzene rings is 3. The van der Waals surface area contributed by atoms with Gasteiger partial charge in [-0.1, -0.05) is 91.6 Å². The molecule has 0 radical (unpaired) electrons. The summed E-state index contributed by atoms with van der Waals surface area (Å²) in [5.41, 5.74) is 4.56. The second-order valence-electron chi connectivity index (χ2n) is 8.35. The zero-order valence-electron chi connectivity index (χ0n) is 19.8. The Hall–Kier alpha value is -3.68. The van der Waals surface area contributed by atoms with Crippen LogP contribution in [0.3, 0.4) is 0 Å². The van der Waals surface area contributed by atoms with Crippen LogP contribution in [0.5, 0.6) is 5.75 Å². The zero-order chi connectivity index (χ0) is 24.9. The highest BCUT2D eigenvalue weighted by Crippen LogP contribution is 2.35. The number of hydrogen-bond acceptors (Lipinski definition) is 5.